The van der Waals surface area contributed by atoms with Gasteiger partial charge in [-0.15, -0.1) is 0 Å². The van der Waals surface area contributed by atoms with Crippen LogP contribution in [0.5, 0.6) is 5.75 Å². The molecule has 0 spiro atoms. The number of H-pyrrole nitrogens is 1. The van der Waals surface area contributed by atoms with E-state index in [2.05, 4.69) is 15.3 Å². The van der Waals surface area contributed by atoms with Crippen LogP contribution in [0.25, 0.3) is 17.5 Å². The van der Waals surface area contributed by atoms with Gasteiger partial charge in [0.15, 0.2) is 5.82 Å². The molecule has 0 saturated carbocycles. The second-order valence-corrected chi connectivity index (χ2v) is 5.42. The van der Waals surface area contributed by atoms with Gasteiger partial charge in [0.05, 0.1) is 7.11 Å². The standard InChI is InChI=1S/C18H15FN4OS/c1-24-16-7-3-2-5-13(16)6-4-12-20-23-17(21-22-18(23)25)14-8-10-15(19)11-9-14/h2-12H,1H3,(H,22,25)/b6-4+,20-12+. The number of benzene rings is 2. The van der Waals surface area contributed by atoms with Crippen LogP contribution in [0.2, 0.25) is 0 Å². The number of rotatable bonds is 5. The van der Waals surface area contributed by atoms with Gasteiger partial charge in [0.25, 0.3) is 0 Å². The molecule has 0 unspecified atom stereocenters. The van der Waals surface area contributed by atoms with E-state index in [0.29, 0.717) is 16.2 Å². The molecule has 3 aromatic rings. The minimum absolute atomic E-state index is 0.312. The van der Waals surface area contributed by atoms with Gasteiger partial charge >= 0.3 is 0 Å². The van der Waals surface area contributed by atoms with Crippen molar-refractivity contribution in [1.29, 1.82) is 0 Å². The van der Waals surface area contributed by atoms with E-state index in [1.165, 1.54) is 16.8 Å². The highest BCUT2D eigenvalue weighted by Crippen LogP contribution is 2.19. The van der Waals surface area contributed by atoms with Crippen molar-refractivity contribution in [3.05, 3.63) is 70.8 Å². The third-order valence-electron chi connectivity index (χ3n) is 3.44. The summed E-state index contributed by atoms with van der Waals surface area (Å²) in [5.74, 6) is 0.971. The molecule has 3 rings (SSSR count). The maximum atomic E-state index is 13.1. The second-order valence-electron chi connectivity index (χ2n) is 5.04. The van der Waals surface area contributed by atoms with Crippen LogP contribution in [-0.2, 0) is 0 Å². The van der Waals surface area contributed by atoms with Crippen molar-refractivity contribution in [1.82, 2.24) is 14.9 Å². The summed E-state index contributed by atoms with van der Waals surface area (Å²) in [6.07, 6.45) is 5.26. The molecule has 126 valence electrons. The Kier molecular flexibility index (Phi) is 5.15. The molecule has 7 heteroatoms. The number of nitrogens with one attached hydrogen (secondary N) is 1. The van der Waals surface area contributed by atoms with E-state index in [-0.39, 0.29) is 5.82 Å². The van der Waals surface area contributed by atoms with Crippen molar-refractivity contribution >= 4 is 24.5 Å². The lowest BCUT2D eigenvalue weighted by atomic mass is 10.2. The first-order chi connectivity index (χ1) is 12.2. The van der Waals surface area contributed by atoms with E-state index in [1.807, 2.05) is 30.3 Å². The average molecular weight is 354 g/mol. The molecule has 0 aliphatic heterocycles. The number of para-hydroxylation sites is 1. The van der Waals surface area contributed by atoms with Crippen LogP contribution in [0.1, 0.15) is 5.56 Å². The lowest BCUT2D eigenvalue weighted by Gasteiger charge is -2.02. The lowest BCUT2D eigenvalue weighted by Crippen LogP contribution is -1.93. The summed E-state index contributed by atoms with van der Waals surface area (Å²) >= 11 is 5.19. The van der Waals surface area contributed by atoms with Gasteiger partial charge in [-0.2, -0.15) is 14.9 Å². The van der Waals surface area contributed by atoms with Crippen molar-refractivity contribution in [2.45, 2.75) is 0 Å². The third kappa shape index (κ3) is 3.89. The number of hydrogen-bond acceptors (Lipinski definition) is 4. The summed E-state index contributed by atoms with van der Waals surface area (Å²) in [5.41, 5.74) is 1.64. The molecule has 0 bridgehead atoms. The molecular weight excluding hydrogens is 339 g/mol. The number of aromatic amines is 1. The van der Waals surface area contributed by atoms with Gasteiger partial charge in [0.2, 0.25) is 4.77 Å². The summed E-state index contributed by atoms with van der Waals surface area (Å²) in [6, 6.07) is 13.6. The van der Waals surface area contributed by atoms with E-state index in [0.717, 1.165) is 11.3 Å². The Balaban J connectivity index is 1.85. The quantitative estimate of drug-likeness (QED) is 0.549. The van der Waals surface area contributed by atoms with Crippen LogP contribution in [0.15, 0.2) is 59.7 Å². The minimum Gasteiger partial charge on any atom is -0.496 e. The van der Waals surface area contributed by atoms with Gasteiger partial charge in [0.1, 0.15) is 11.6 Å². The smallest absolute Gasteiger partial charge is 0.216 e. The number of hydrogen-bond donors (Lipinski definition) is 1. The van der Waals surface area contributed by atoms with Gasteiger partial charge < -0.3 is 4.74 Å². The molecular formula is C18H15FN4OS. The Morgan fingerprint density at radius 3 is 2.72 bits per heavy atom. The van der Waals surface area contributed by atoms with Crippen LogP contribution in [-0.4, -0.2) is 28.2 Å². The van der Waals surface area contributed by atoms with Crippen LogP contribution >= 0.6 is 12.2 Å². The summed E-state index contributed by atoms with van der Waals surface area (Å²) in [5, 5.41) is 11.1. The molecule has 5 nitrogen and oxygen atoms in total. The van der Waals surface area contributed by atoms with Gasteiger partial charge in [0, 0.05) is 17.3 Å². The normalized spacial score (nSPS) is 11.4. The van der Waals surface area contributed by atoms with E-state index in [4.69, 9.17) is 17.0 Å². The molecule has 25 heavy (non-hydrogen) atoms. The Morgan fingerprint density at radius 2 is 1.96 bits per heavy atom. The average Bonchev–Trinajstić information content (AvgIpc) is 3.00. The lowest BCUT2D eigenvalue weighted by molar-refractivity contribution is 0.414. The van der Waals surface area contributed by atoms with E-state index >= 15 is 0 Å². The molecule has 1 N–H and O–H groups in total. The fraction of sp³-hybridized carbons (Fsp3) is 0.0556. The fourth-order valence-corrected chi connectivity index (χ4v) is 2.42. The number of methoxy groups -OCH3 is 1. The summed E-state index contributed by atoms with van der Waals surface area (Å²) in [6.45, 7) is 0. The Hall–Kier alpha value is -3.06. The van der Waals surface area contributed by atoms with Crippen LogP contribution in [0.4, 0.5) is 4.39 Å². The van der Waals surface area contributed by atoms with Crippen molar-refractivity contribution in [2.24, 2.45) is 5.10 Å². The molecule has 2 aromatic carbocycles. The van der Waals surface area contributed by atoms with Gasteiger partial charge in [-0.3, -0.25) is 0 Å². The van der Waals surface area contributed by atoms with E-state index in [9.17, 15) is 4.39 Å². The third-order valence-corrected chi connectivity index (χ3v) is 3.70. The zero-order chi connectivity index (χ0) is 17.6. The van der Waals surface area contributed by atoms with E-state index < -0.39 is 0 Å². The Labute approximate surface area is 149 Å². The zero-order valence-corrected chi connectivity index (χ0v) is 14.2. The molecule has 1 aromatic heterocycles. The van der Waals surface area contributed by atoms with Crippen molar-refractivity contribution in [2.75, 3.05) is 7.11 Å². The maximum Gasteiger partial charge on any atom is 0.216 e. The first-order valence-electron chi connectivity index (χ1n) is 7.46. The minimum atomic E-state index is -0.312. The highest BCUT2D eigenvalue weighted by Gasteiger charge is 2.07. The SMILES string of the molecule is COc1ccccc1/C=C/C=N/n1c(-c2ccc(F)cc2)n[nH]c1=S. The molecule has 0 saturated heterocycles. The molecule has 0 aliphatic rings. The highest BCUT2D eigenvalue weighted by molar-refractivity contribution is 7.71. The molecule has 0 radical (unpaired) electrons. The topological polar surface area (TPSA) is 55.2 Å². The summed E-state index contributed by atoms with van der Waals surface area (Å²) < 4.78 is 20.2. The number of ether oxygens (including phenoxy) is 1. The van der Waals surface area contributed by atoms with Crippen LogP contribution in [0.3, 0.4) is 0 Å². The molecule has 0 atom stereocenters. The van der Waals surface area contributed by atoms with Crippen LogP contribution < -0.4 is 4.74 Å². The number of halogens is 1. The highest BCUT2D eigenvalue weighted by atomic mass is 32.1. The first kappa shape index (κ1) is 16.8. The second kappa shape index (κ2) is 7.67. The fourth-order valence-electron chi connectivity index (χ4n) is 2.24. The van der Waals surface area contributed by atoms with Gasteiger partial charge in [-0.25, -0.2) is 9.49 Å². The monoisotopic (exact) mass is 354 g/mol. The number of allylic oxidation sites excluding steroid dienone is 1. The number of nitrogens with zero attached hydrogens (tertiary/aromatic N) is 3. The predicted octanol–water partition coefficient (Wildman–Crippen LogP) is 4.30. The maximum absolute atomic E-state index is 13.1. The largest absolute Gasteiger partial charge is 0.496 e. The molecule has 0 aliphatic carbocycles. The van der Waals surface area contributed by atoms with Crippen LogP contribution in [0, 0.1) is 10.6 Å². The number of aromatic nitrogens is 3. The summed E-state index contributed by atoms with van der Waals surface area (Å²) in [7, 11) is 1.63. The van der Waals surface area contributed by atoms with Gasteiger partial charge in [-0.05, 0) is 54.7 Å². The van der Waals surface area contributed by atoms with Crippen molar-refractivity contribution in [3.63, 3.8) is 0 Å². The van der Waals surface area contributed by atoms with E-state index in [1.54, 1.807) is 31.5 Å². The summed E-state index contributed by atoms with van der Waals surface area (Å²) in [4.78, 5) is 0. The van der Waals surface area contributed by atoms with Crippen molar-refractivity contribution in [3.8, 4) is 17.1 Å². The molecule has 0 amide bonds. The van der Waals surface area contributed by atoms with Gasteiger partial charge in [-0.1, -0.05) is 18.2 Å². The predicted molar refractivity (Wildman–Crippen MR) is 98.7 cm³/mol. The van der Waals surface area contributed by atoms with Crippen molar-refractivity contribution < 1.29 is 9.13 Å². The molecule has 1 heterocycles. The zero-order valence-electron chi connectivity index (χ0n) is 13.4. The molecule has 0 fully saturated rings. The Bertz CT molecular complexity index is 973. The Morgan fingerprint density at radius 1 is 1.20 bits per heavy atom. The first-order valence-corrected chi connectivity index (χ1v) is 7.87.